The molecular weight excluding hydrogens is 496 g/mol. The van der Waals surface area contributed by atoms with Gasteiger partial charge in [0.25, 0.3) is 5.91 Å². The van der Waals surface area contributed by atoms with Gasteiger partial charge in [-0.15, -0.1) is 6.42 Å². The number of hydrogen-bond acceptors (Lipinski definition) is 5. The maximum absolute atomic E-state index is 13.2. The molecule has 36 heavy (non-hydrogen) atoms. The lowest BCUT2D eigenvalue weighted by Crippen LogP contribution is -2.43. The number of hydrogen-bond donors (Lipinski definition) is 1. The van der Waals surface area contributed by atoms with Crippen LogP contribution >= 0.6 is 11.3 Å². The number of benzene rings is 2. The molecule has 1 saturated heterocycles. The molecule has 1 atom stereocenters. The van der Waals surface area contributed by atoms with E-state index in [1.54, 1.807) is 14.9 Å². The van der Waals surface area contributed by atoms with Gasteiger partial charge < -0.3 is 9.88 Å². The SMILES string of the molecule is C#CCn1c(=NC(=O)c2ccc(S(=O)(=O)N3CCCC[C@@H]3CC)cc2)sc2cc(NC(C)=O)ccc21. The van der Waals surface area contributed by atoms with Crippen molar-refractivity contribution < 1.29 is 18.0 Å². The lowest BCUT2D eigenvalue weighted by molar-refractivity contribution is -0.114. The Morgan fingerprint density at radius 1 is 1.19 bits per heavy atom. The van der Waals surface area contributed by atoms with E-state index in [4.69, 9.17) is 6.42 Å². The molecule has 1 fully saturated rings. The number of rotatable bonds is 6. The molecule has 0 radical (unpaired) electrons. The number of aromatic nitrogens is 1. The van der Waals surface area contributed by atoms with Crippen molar-refractivity contribution in [1.29, 1.82) is 0 Å². The first-order valence-electron chi connectivity index (χ1n) is 11.8. The first-order valence-corrected chi connectivity index (χ1v) is 14.1. The first-order chi connectivity index (χ1) is 17.2. The molecule has 3 aromatic rings. The van der Waals surface area contributed by atoms with Crippen LogP contribution in [0.5, 0.6) is 0 Å². The molecule has 1 N–H and O–H groups in total. The predicted molar refractivity (Wildman–Crippen MR) is 141 cm³/mol. The van der Waals surface area contributed by atoms with E-state index in [9.17, 15) is 18.0 Å². The van der Waals surface area contributed by atoms with Crippen LogP contribution in [0.2, 0.25) is 0 Å². The van der Waals surface area contributed by atoms with Gasteiger partial charge in [0.2, 0.25) is 15.9 Å². The fourth-order valence-corrected chi connectivity index (χ4v) is 7.27. The Bertz CT molecular complexity index is 1510. The molecule has 1 aliphatic rings. The average Bonchev–Trinajstić information content (AvgIpc) is 3.19. The number of amides is 2. The van der Waals surface area contributed by atoms with Gasteiger partial charge in [0.15, 0.2) is 4.80 Å². The zero-order valence-corrected chi connectivity index (χ0v) is 21.9. The number of nitrogens with one attached hydrogen (secondary N) is 1. The summed E-state index contributed by atoms with van der Waals surface area (Å²) >= 11 is 1.28. The summed E-state index contributed by atoms with van der Waals surface area (Å²) < 4.78 is 30.6. The van der Waals surface area contributed by atoms with Gasteiger partial charge in [0.1, 0.15) is 0 Å². The van der Waals surface area contributed by atoms with Gasteiger partial charge in [0, 0.05) is 30.8 Å². The molecular formula is C26H28N4O4S2. The largest absolute Gasteiger partial charge is 0.326 e. The van der Waals surface area contributed by atoms with Crippen molar-refractivity contribution in [3.63, 3.8) is 0 Å². The molecule has 0 spiro atoms. The van der Waals surface area contributed by atoms with E-state index in [2.05, 4.69) is 16.2 Å². The van der Waals surface area contributed by atoms with Crippen molar-refractivity contribution in [3.8, 4) is 12.3 Å². The molecule has 1 aliphatic heterocycles. The Morgan fingerprint density at radius 2 is 1.94 bits per heavy atom. The second kappa shape index (κ2) is 10.8. The quantitative estimate of drug-likeness (QED) is 0.493. The molecule has 0 unspecified atom stereocenters. The van der Waals surface area contributed by atoms with Crippen molar-refractivity contribution >= 4 is 49.1 Å². The lowest BCUT2D eigenvalue weighted by atomic mass is 10.0. The van der Waals surface area contributed by atoms with Crippen molar-refractivity contribution in [3.05, 3.63) is 52.8 Å². The maximum atomic E-state index is 13.2. The lowest BCUT2D eigenvalue weighted by Gasteiger charge is -2.34. The second-order valence-electron chi connectivity index (χ2n) is 8.65. The van der Waals surface area contributed by atoms with Crippen molar-refractivity contribution in [2.75, 3.05) is 11.9 Å². The molecule has 2 heterocycles. The molecule has 10 heteroatoms. The highest BCUT2D eigenvalue weighted by Gasteiger charge is 2.32. The van der Waals surface area contributed by atoms with Gasteiger partial charge in [-0.2, -0.15) is 9.30 Å². The number of fused-ring (bicyclic) bond motifs is 1. The molecule has 4 rings (SSSR count). The fraction of sp³-hybridized carbons (Fsp3) is 0.346. The Kier molecular flexibility index (Phi) is 7.73. The number of carbonyl (C=O) groups is 2. The Balaban J connectivity index is 1.65. The third kappa shape index (κ3) is 5.28. The van der Waals surface area contributed by atoms with Crippen LogP contribution in [0.15, 0.2) is 52.4 Å². The summed E-state index contributed by atoms with van der Waals surface area (Å²) in [5, 5.41) is 2.74. The van der Waals surface area contributed by atoms with Gasteiger partial charge in [-0.3, -0.25) is 9.59 Å². The third-order valence-electron chi connectivity index (χ3n) is 6.20. The summed E-state index contributed by atoms with van der Waals surface area (Å²) in [5.41, 5.74) is 1.72. The topological polar surface area (TPSA) is 101 Å². The average molecular weight is 525 g/mol. The van der Waals surface area contributed by atoms with Crippen molar-refractivity contribution in [2.45, 2.75) is 57.0 Å². The standard InChI is InChI=1S/C26H28N4O4S2/c1-4-15-29-23-14-11-20(27-18(3)31)17-24(23)35-26(29)28-25(32)19-9-12-22(13-10-19)36(33,34)30-16-7-6-8-21(30)5-2/h1,9-14,17,21H,5-8,15-16H2,2-3H3,(H,27,31)/t21-/m0/s1. The van der Waals surface area contributed by atoms with Gasteiger partial charge in [0.05, 0.1) is 21.7 Å². The number of nitrogens with zero attached hydrogens (tertiary/aromatic N) is 3. The van der Waals surface area contributed by atoms with E-state index in [0.717, 1.165) is 35.9 Å². The fourth-order valence-electron chi connectivity index (χ4n) is 4.44. The second-order valence-corrected chi connectivity index (χ2v) is 11.6. The molecule has 2 aromatic carbocycles. The smallest absolute Gasteiger partial charge is 0.279 e. The van der Waals surface area contributed by atoms with Gasteiger partial charge >= 0.3 is 0 Å². The molecule has 0 saturated carbocycles. The first kappa shape index (κ1) is 25.8. The Morgan fingerprint density at radius 3 is 2.61 bits per heavy atom. The van der Waals surface area contributed by atoms with Crippen LogP contribution in [0.3, 0.4) is 0 Å². The van der Waals surface area contributed by atoms with Crippen LogP contribution < -0.4 is 10.1 Å². The minimum atomic E-state index is -3.63. The highest BCUT2D eigenvalue weighted by molar-refractivity contribution is 7.89. The van der Waals surface area contributed by atoms with Crippen LogP contribution in [0.25, 0.3) is 10.2 Å². The van der Waals surface area contributed by atoms with Crippen LogP contribution in [0.1, 0.15) is 49.9 Å². The van der Waals surface area contributed by atoms with E-state index in [1.807, 2.05) is 19.1 Å². The van der Waals surface area contributed by atoms with Crippen LogP contribution in [-0.4, -0.2) is 41.7 Å². The van der Waals surface area contributed by atoms with Crippen molar-refractivity contribution in [1.82, 2.24) is 8.87 Å². The summed E-state index contributed by atoms with van der Waals surface area (Å²) in [6.45, 7) is 4.17. The minimum absolute atomic E-state index is 0.00535. The molecule has 2 amide bonds. The van der Waals surface area contributed by atoms with E-state index in [0.29, 0.717) is 17.0 Å². The summed E-state index contributed by atoms with van der Waals surface area (Å²) in [6, 6.07) is 11.3. The minimum Gasteiger partial charge on any atom is -0.326 e. The van der Waals surface area contributed by atoms with Crippen molar-refractivity contribution in [2.24, 2.45) is 4.99 Å². The molecule has 8 nitrogen and oxygen atoms in total. The van der Waals surface area contributed by atoms with Crippen LogP contribution in [0.4, 0.5) is 5.69 Å². The Labute approximate surface area is 214 Å². The van der Waals surface area contributed by atoms with E-state index < -0.39 is 15.9 Å². The number of thiazole rings is 1. The number of sulfonamides is 1. The number of terminal acetylenes is 1. The monoisotopic (exact) mass is 524 g/mol. The van der Waals surface area contributed by atoms with Gasteiger partial charge in [-0.1, -0.05) is 30.6 Å². The number of carbonyl (C=O) groups excluding carboxylic acids is 2. The van der Waals surface area contributed by atoms with E-state index in [-0.39, 0.29) is 29.0 Å². The molecule has 0 bridgehead atoms. The highest BCUT2D eigenvalue weighted by Crippen LogP contribution is 2.27. The van der Waals surface area contributed by atoms with Crippen LogP contribution in [-0.2, 0) is 21.4 Å². The summed E-state index contributed by atoms with van der Waals surface area (Å²) in [4.78, 5) is 29.2. The van der Waals surface area contributed by atoms with E-state index >= 15 is 0 Å². The third-order valence-corrected chi connectivity index (χ3v) is 9.21. The summed E-state index contributed by atoms with van der Waals surface area (Å²) in [7, 11) is -3.63. The summed E-state index contributed by atoms with van der Waals surface area (Å²) in [5.74, 6) is 1.90. The zero-order valence-electron chi connectivity index (χ0n) is 20.2. The van der Waals surface area contributed by atoms with Gasteiger partial charge in [-0.05, 0) is 61.7 Å². The molecule has 0 aliphatic carbocycles. The molecule has 188 valence electrons. The molecule has 1 aromatic heterocycles. The van der Waals surface area contributed by atoms with E-state index in [1.165, 1.54) is 42.5 Å². The maximum Gasteiger partial charge on any atom is 0.279 e. The highest BCUT2D eigenvalue weighted by atomic mass is 32.2. The predicted octanol–water partition coefficient (Wildman–Crippen LogP) is 3.99. The number of piperidine rings is 1. The number of anilines is 1. The van der Waals surface area contributed by atoms with Crippen LogP contribution in [0, 0.1) is 12.3 Å². The zero-order chi connectivity index (χ0) is 25.9. The normalized spacial score (nSPS) is 17.1. The summed E-state index contributed by atoms with van der Waals surface area (Å²) in [6.07, 6.45) is 9.07. The van der Waals surface area contributed by atoms with Gasteiger partial charge in [-0.25, -0.2) is 8.42 Å². The Hall–Kier alpha value is -3.26.